The SMILES string of the molecule is CCOC(=O)C[n+]1c(Sc2ccccc2)sc(NC(C)(C)C)c1N(C)C.[Cl-]. The number of anilines is 2. The molecule has 2 rings (SSSR count). The van der Waals surface area contributed by atoms with Crippen LogP contribution in [0.15, 0.2) is 39.6 Å². The summed E-state index contributed by atoms with van der Waals surface area (Å²) >= 11 is 3.32. The Balaban J connectivity index is 0.00000364. The molecule has 8 heteroatoms. The van der Waals surface area contributed by atoms with Crippen molar-refractivity contribution in [3.8, 4) is 0 Å². The first-order valence-corrected chi connectivity index (χ1v) is 10.2. The Morgan fingerprint density at radius 1 is 1.26 bits per heavy atom. The first kappa shape index (κ1) is 23.6. The second kappa shape index (κ2) is 10.2. The van der Waals surface area contributed by atoms with Gasteiger partial charge >= 0.3 is 11.8 Å². The molecule has 0 unspecified atom stereocenters. The molecule has 2 aromatic rings. The molecule has 0 bridgehead atoms. The van der Waals surface area contributed by atoms with Gasteiger partial charge in [-0.1, -0.05) is 29.5 Å². The van der Waals surface area contributed by atoms with Gasteiger partial charge in [0.15, 0.2) is 11.5 Å². The Bertz CT molecular complexity index is 743. The highest BCUT2D eigenvalue weighted by Gasteiger charge is 2.31. The van der Waals surface area contributed by atoms with E-state index in [0.717, 1.165) is 20.1 Å². The fraction of sp³-hybridized carbons (Fsp3) is 0.474. The standard InChI is InChI=1S/C19H28N3O2S2.ClH/c1-7-24-15(23)13-22-17(21(5)6)16(20-19(2,3)4)26-18(22)25-14-11-9-8-10-12-14;/h8-12,20H,7,13H2,1-6H3;1H/q+1;/p-1. The summed E-state index contributed by atoms with van der Waals surface area (Å²) in [5, 5.41) is 4.62. The number of halogens is 1. The number of nitrogens with zero attached hydrogens (tertiary/aromatic N) is 2. The average Bonchev–Trinajstić information content (AvgIpc) is 2.83. The van der Waals surface area contributed by atoms with Crippen molar-refractivity contribution in [3.63, 3.8) is 0 Å². The zero-order valence-electron chi connectivity index (χ0n) is 16.7. The number of carbonyl (C=O) groups excluding carboxylic acids is 1. The smallest absolute Gasteiger partial charge is 0.348 e. The molecule has 0 aliphatic rings. The zero-order valence-corrected chi connectivity index (χ0v) is 19.1. The highest BCUT2D eigenvalue weighted by atomic mass is 35.5. The number of carbonyl (C=O) groups is 1. The van der Waals surface area contributed by atoms with Crippen molar-refractivity contribution in [2.75, 3.05) is 30.9 Å². The van der Waals surface area contributed by atoms with Crippen LogP contribution in [0, 0.1) is 0 Å². The second-order valence-electron chi connectivity index (χ2n) is 7.10. The Hall–Kier alpha value is -1.44. The van der Waals surface area contributed by atoms with Gasteiger partial charge in [0, 0.05) is 10.4 Å². The van der Waals surface area contributed by atoms with Crippen molar-refractivity contribution in [1.29, 1.82) is 0 Å². The van der Waals surface area contributed by atoms with Crippen molar-refractivity contribution < 1.29 is 26.5 Å². The summed E-state index contributed by atoms with van der Waals surface area (Å²) in [6.45, 7) is 8.80. The number of rotatable bonds is 7. The molecule has 150 valence electrons. The van der Waals surface area contributed by atoms with Gasteiger partial charge in [-0.05, 0) is 51.6 Å². The number of aromatic nitrogens is 1. The summed E-state index contributed by atoms with van der Waals surface area (Å²) in [7, 11) is 3.99. The van der Waals surface area contributed by atoms with Gasteiger partial charge in [-0.2, -0.15) is 4.57 Å². The van der Waals surface area contributed by atoms with E-state index >= 15 is 0 Å². The third-order valence-corrected chi connectivity index (χ3v) is 5.61. The van der Waals surface area contributed by atoms with E-state index in [-0.39, 0.29) is 30.5 Å². The van der Waals surface area contributed by atoms with Crippen molar-refractivity contribution in [2.24, 2.45) is 0 Å². The van der Waals surface area contributed by atoms with E-state index in [4.69, 9.17) is 4.74 Å². The van der Waals surface area contributed by atoms with Gasteiger partial charge in [-0.15, -0.1) is 0 Å². The molecule has 0 aliphatic carbocycles. The minimum absolute atomic E-state index is 0. The molecule has 0 spiro atoms. The van der Waals surface area contributed by atoms with Crippen LogP contribution in [0.3, 0.4) is 0 Å². The number of hydrogen-bond donors (Lipinski definition) is 1. The van der Waals surface area contributed by atoms with Gasteiger partial charge in [0.1, 0.15) is 0 Å². The van der Waals surface area contributed by atoms with Gasteiger partial charge in [0.25, 0.3) is 0 Å². The van der Waals surface area contributed by atoms with E-state index in [1.165, 1.54) is 0 Å². The molecule has 1 N–H and O–H groups in total. The number of thiazole rings is 1. The molecule has 0 saturated carbocycles. The lowest BCUT2D eigenvalue weighted by molar-refractivity contribution is -0.703. The van der Waals surface area contributed by atoms with E-state index in [1.807, 2.05) is 48.7 Å². The third kappa shape index (κ3) is 6.90. The average molecular weight is 430 g/mol. The van der Waals surface area contributed by atoms with Crippen LogP contribution in [0.25, 0.3) is 0 Å². The summed E-state index contributed by atoms with van der Waals surface area (Å²) in [6, 6.07) is 10.2. The highest BCUT2D eigenvalue weighted by molar-refractivity contribution is 8.01. The third-order valence-electron chi connectivity index (χ3n) is 3.32. The van der Waals surface area contributed by atoms with E-state index in [2.05, 4.69) is 38.2 Å². The number of hydrogen-bond acceptors (Lipinski definition) is 6. The predicted molar refractivity (Wildman–Crippen MR) is 109 cm³/mol. The summed E-state index contributed by atoms with van der Waals surface area (Å²) < 4.78 is 8.27. The highest BCUT2D eigenvalue weighted by Crippen LogP contribution is 2.39. The van der Waals surface area contributed by atoms with Crippen LogP contribution in [-0.4, -0.2) is 32.2 Å². The van der Waals surface area contributed by atoms with Gasteiger partial charge in [0.2, 0.25) is 4.34 Å². The van der Waals surface area contributed by atoms with Crippen LogP contribution in [0.5, 0.6) is 0 Å². The maximum absolute atomic E-state index is 12.2. The predicted octanol–water partition coefficient (Wildman–Crippen LogP) is 1.03. The number of nitrogens with one attached hydrogen (secondary N) is 1. The second-order valence-corrected chi connectivity index (χ2v) is 9.42. The van der Waals surface area contributed by atoms with Crippen LogP contribution in [-0.2, 0) is 16.1 Å². The van der Waals surface area contributed by atoms with E-state index in [0.29, 0.717) is 6.61 Å². The first-order valence-electron chi connectivity index (χ1n) is 8.62. The molecular weight excluding hydrogens is 402 g/mol. The molecule has 1 heterocycles. The minimum atomic E-state index is -0.226. The fourth-order valence-corrected chi connectivity index (χ4v) is 5.04. The maximum atomic E-state index is 12.2. The van der Waals surface area contributed by atoms with Gasteiger partial charge in [-0.3, -0.25) is 4.90 Å². The fourth-order valence-electron chi connectivity index (χ4n) is 2.40. The van der Waals surface area contributed by atoms with Crippen LogP contribution < -0.4 is 27.2 Å². The Morgan fingerprint density at radius 2 is 1.89 bits per heavy atom. The van der Waals surface area contributed by atoms with Gasteiger partial charge in [0.05, 0.1) is 20.7 Å². The van der Waals surface area contributed by atoms with Crippen molar-refractivity contribution in [3.05, 3.63) is 30.3 Å². The van der Waals surface area contributed by atoms with Crippen LogP contribution in [0.2, 0.25) is 0 Å². The number of benzene rings is 1. The van der Waals surface area contributed by atoms with Gasteiger partial charge < -0.3 is 22.5 Å². The summed E-state index contributed by atoms with van der Waals surface area (Å²) in [5.74, 6) is 0.757. The number of esters is 1. The molecule has 0 saturated heterocycles. The minimum Gasteiger partial charge on any atom is -1.00 e. The van der Waals surface area contributed by atoms with Crippen LogP contribution in [0.1, 0.15) is 27.7 Å². The molecule has 0 amide bonds. The normalized spacial score (nSPS) is 10.9. The van der Waals surface area contributed by atoms with Crippen LogP contribution in [0.4, 0.5) is 10.8 Å². The molecule has 0 fully saturated rings. The first-order chi connectivity index (χ1) is 12.2. The topological polar surface area (TPSA) is 45.5 Å². The Morgan fingerprint density at radius 3 is 2.41 bits per heavy atom. The molecule has 0 aliphatic heterocycles. The molecule has 1 aromatic heterocycles. The van der Waals surface area contributed by atoms with Gasteiger partial charge in [-0.25, -0.2) is 4.79 Å². The van der Waals surface area contributed by atoms with Crippen LogP contribution >= 0.6 is 23.1 Å². The van der Waals surface area contributed by atoms with Crippen molar-refractivity contribution in [1.82, 2.24) is 0 Å². The molecular formula is C19H28ClN3O2S2. The molecule has 1 aromatic carbocycles. The van der Waals surface area contributed by atoms with Crippen molar-refractivity contribution in [2.45, 2.75) is 49.0 Å². The monoisotopic (exact) mass is 429 g/mol. The zero-order chi connectivity index (χ0) is 19.3. The van der Waals surface area contributed by atoms with E-state index in [1.54, 1.807) is 23.1 Å². The van der Waals surface area contributed by atoms with Crippen molar-refractivity contribution >= 4 is 39.9 Å². The van der Waals surface area contributed by atoms with E-state index in [9.17, 15) is 4.79 Å². The lowest BCUT2D eigenvalue weighted by Crippen LogP contribution is -3.00. The summed E-state index contributed by atoms with van der Waals surface area (Å²) in [6.07, 6.45) is 0. The Kier molecular flexibility index (Phi) is 8.91. The largest absolute Gasteiger partial charge is 1.00 e. The maximum Gasteiger partial charge on any atom is 0.348 e. The molecule has 5 nitrogen and oxygen atoms in total. The molecule has 27 heavy (non-hydrogen) atoms. The number of ether oxygens (including phenoxy) is 1. The van der Waals surface area contributed by atoms with E-state index < -0.39 is 0 Å². The molecule has 0 atom stereocenters. The lowest BCUT2D eigenvalue weighted by Gasteiger charge is -2.21. The lowest BCUT2D eigenvalue weighted by atomic mass is 10.1. The Labute approximate surface area is 176 Å². The summed E-state index contributed by atoms with van der Waals surface area (Å²) in [5.41, 5.74) is -0.0773. The molecule has 0 radical (unpaired) electrons. The summed E-state index contributed by atoms with van der Waals surface area (Å²) in [4.78, 5) is 15.4. The quantitative estimate of drug-likeness (QED) is 0.526.